The van der Waals surface area contributed by atoms with Gasteiger partial charge in [0.2, 0.25) is 15.8 Å². The molecule has 0 aliphatic carbocycles. The van der Waals surface area contributed by atoms with Gasteiger partial charge in [-0.05, 0) is 58.8 Å². The van der Waals surface area contributed by atoms with E-state index in [9.17, 15) is 13.2 Å². The Hall–Kier alpha value is -5.13. The van der Waals surface area contributed by atoms with Crippen LogP contribution in [-0.2, 0) is 32.6 Å². The van der Waals surface area contributed by atoms with Crippen LogP contribution >= 0.6 is 0 Å². The molecule has 11 heteroatoms. The maximum atomic E-state index is 13.5. The van der Waals surface area contributed by atoms with E-state index in [0.29, 0.717) is 11.4 Å². The van der Waals surface area contributed by atoms with Gasteiger partial charge in [0.05, 0.1) is 10.6 Å². The molecule has 0 aliphatic heterocycles. The molecule has 0 bridgehead atoms. The molecule has 0 spiro atoms. The summed E-state index contributed by atoms with van der Waals surface area (Å²) in [5, 5.41) is 13.5. The maximum Gasteiger partial charge on any atom is 0.324 e. The molecule has 6 rings (SSSR count). The number of sulfonamides is 1. The molecule has 0 aliphatic rings. The van der Waals surface area contributed by atoms with Gasteiger partial charge in [0, 0.05) is 29.1 Å². The van der Waals surface area contributed by atoms with E-state index in [1.807, 2.05) is 84.9 Å². The monoisotopic (exact) mass is 578 g/mol. The first kappa shape index (κ1) is 27.1. The Kier molecular flexibility index (Phi) is 7.58. The molecule has 4 aromatic carbocycles. The molecule has 1 atom stereocenters. The fourth-order valence-corrected chi connectivity index (χ4v) is 5.75. The predicted molar refractivity (Wildman–Crippen MR) is 157 cm³/mol. The number of rotatable bonds is 10. The molecule has 10 nitrogen and oxygen atoms in total. The number of ether oxygens (including phenoxy) is 1. The van der Waals surface area contributed by atoms with Gasteiger partial charge in [0.1, 0.15) is 12.6 Å². The van der Waals surface area contributed by atoms with Crippen LogP contribution in [0.3, 0.4) is 0 Å². The lowest BCUT2D eigenvalue weighted by molar-refractivity contribution is -0.147. The maximum absolute atomic E-state index is 13.5. The second-order valence-electron chi connectivity index (χ2n) is 9.59. The van der Waals surface area contributed by atoms with Crippen molar-refractivity contribution >= 4 is 26.9 Å². The van der Waals surface area contributed by atoms with Crippen molar-refractivity contribution in [2.45, 2.75) is 24.0 Å². The zero-order chi connectivity index (χ0) is 28.9. The van der Waals surface area contributed by atoms with Crippen LogP contribution in [0.1, 0.15) is 11.1 Å². The number of hydrogen-bond donors (Lipinski definition) is 2. The van der Waals surface area contributed by atoms with Crippen molar-refractivity contribution in [3.05, 3.63) is 127 Å². The number of fused-ring (bicyclic) bond motifs is 1. The zero-order valence-electron chi connectivity index (χ0n) is 22.3. The van der Waals surface area contributed by atoms with Crippen molar-refractivity contribution < 1.29 is 17.9 Å². The van der Waals surface area contributed by atoms with Gasteiger partial charge in [-0.25, -0.2) is 8.42 Å². The summed E-state index contributed by atoms with van der Waals surface area (Å²) in [6.07, 6.45) is 1.88. The molecule has 42 heavy (non-hydrogen) atoms. The van der Waals surface area contributed by atoms with E-state index in [1.54, 1.807) is 18.3 Å². The van der Waals surface area contributed by atoms with E-state index < -0.39 is 22.0 Å². The van der Waals surface area contributed by atoms with Crippen LogP contribution in [0.5, 0.6) is 0 Å². The Labute approximate surface area is 242 Å². The number of aromatic amines is 1. The fourth-order valence-electron chi connectivity index (χ4n) is 4.56. The van der Waals surface area contributed by atoms with Gasteiger partial charge in [-0.3, -0.25) is 4.79 Å². The van der Waals surface area contributed by atoms with Gasteiger partial charge in [-0.1, -0.05) is 66.7 Å². The summed E-state index contributed by atoms with van der Waals surface area (Å²) in [4.78, 5) is 17.8. The van der Waals surface area contributed by atoms with E-state index >= 15 is 0 Å². The van der Waals surface area contributed by atoms with Crippen molar-refractivity contribution in [2.24, 2.45) is 0 Å². The molecule has 0 saturated heterocycles. The van der Waals surface area contributed by atoms with Crippen molar-refractivity contribution in [1.29, 1.82) is 0 Å². The molecule has 0 amide bonds. The van der Waals surface area contributed by atoms with Crippen LogP contribution in [0.15, 0.2) is 120 Å². The average molecular weight is 579 g/mol. The largest absolute Gasteiger partial charge is 0.460 e. The molecular formula is C31H26N6O4S. The van der Waals surface area contributed by atoms with Crippen molar-refractivity contribution in [1.82, 2.24) is 29.9 Å². The second kappa shape index (κ2) is 11.8. The lowest BCUT2D eigenvalue weighted by Crippen LogP contribution is -2.43. The third-order valence-electron chi connectivity index (χ3n) is 6.73. The summed E-state index contributed by atoms with van der Waals surface area (Å²) in [6.45, 7) is 0.0249. The minimum atomic E-state index is -4.10. The van der Waals surface area contributed by atoms with E-state index in [0.717, 1.165) is 27.7 Å². The molecule has 0 fully saturated rings. The van der Waals surface area contributed by atoms with Gasteiger partial charge in [0.25, 0.3) is 0 Å². The highest BCUT2D eigenvalue weighted by molar-refractivity contribution is 7.89. The predicted octanol–water partition coefficient (Wildman–Crippen LogP) is 4.44. The van der Waals surface area contributed by atoms with Crippen molar-refractivity contribution in [3.8, 4) is 17.1 Å². The van der Waals surface area contributed by atoms with E-state index in [-0.39, 0.29) is 17.9 Å². The van der Waals surface area contributed by atoms with Crippen LogP contribution in [-0.4, -0.2) is 45.6 Å². The number of carbonyl (C=O) groups excluding carboxylic acids is 1. The van der Waals surface area contributed by atoms with Gasteiger partial charge in [-0.15, -0.1) is 15.0 Å². The average Bonchev–Trinajstić information content (AvgIpc) is 3.69. The van der Waals surface area contributed by atoms with E-state index in [2.05, 4.69) is 25.1 Å². The first-order valence-corrected chi connectivity index (χ1v) is 14.7. The second-order valence-corrected chi connectivity index (χ2v) is 11.3. The van der Waals surface area contributed by atoms with Crippen LogP contribution in [0, 0.1) is 0 Å². The number of hydrogen-bond acceptors (Lipinski definition) is 7. The lowest BCUT2D eigenvalue weighted by Gasteiger charge is -2.18. The molecular weight excluding hydrogens is 552 g/mol. The minimum Gasteiger partial charge on any atom is -0.460 e. The normalized spacial score (nSPS) is 12.3. The van der Waals surface area contributed by atoms with Gasteiger partial charge < -0.3 is 9.72 Å². The first-order chi connectivity index (χ1) is 20.5. The summed E-state index contributed by atoms with van der Waals surface area (Å²) < 4.78 is 35.1. The van der Waals surface area contributed by atoms with Gasteiger partial charge in [-0.2, -0.15) is 4.72 Å². The Bertz CT molecular complexity index is 1920. The molecule has 2 heterocycles. The molecule has 210 valence electrons. The number of para-hydroxylation sites is 2. The standard InChI is InChI=1S/C31H26N6O4S/c38-31(41-21-22-9-3-1-4-10-22)29(19-24-20-32-28-14-8-7-13-27(24)28)35-42(39,40)26-17-15-23(16-18-26)30-33-36-37(34-30)25-11-5-2-6-12-25/h1-18,20,29,32,35H,19,21H2/t29-/m1/s1. The third kappa shape index (κ3) is 5.97. The number of nitrogens with zero attached hydrogens (tertiary/aromatic N) is 4. The number of tetrazole rings is 1. The van der Waals surface area contributed by atoms with Crippen LogP contribution in [0.2, 0.25) is 0 Å². The van der Waals surface area contributed by atoms with Crippen LogP contribution < -0.4 is 4.72 Å². The number of esters is 1. The molecule has 0 radical (unpaired) electrons. The first-order valence-electron chi connectivity index (χ1n) is 13.2. The quantitative estimate of drug-likeness (QED) is 0.230. The highest BCUT2D eigenvalue weighted by atomic mass is 32.2. The molecule has 6 aromatic rings. The topological polar surface area (TPSA) is 132 Å². The summed E-state index contributed by atoms with van der Waals surface area (Å²) in [5.74, 6) is -0.330. The van der Waals surface area contributed by atoms with Gasteiger partial charge in [0.15, 0.2) is 0 Å². The summed E-state index contributed by atoms with van der Waals surface area (Å²) in [7, 11) is -4.10. The number of nitrogens with one attached hydrogen (secondary N) is 2. The lowest BCUT2D eigenvalue weighted by atomic mass is 10.1. The SMILES string of the molecule is O=C(OCc1ccccc1)[C@@H](Cc1c[nH]c2ccccc12)NS(=O)(=O)c1ccc(-c2nnn(-c3ccccc3)n2)cc1. The molecule has 0 unspecified atom stereocenters. The Morgan fingerprint density at radius 2 is 1.57 bits per heavy atom. The number of H-pyrrole nitrogens is 1. The smallest absolute Gasteiger partial charge is 0.324 e. The highest BCUT2D eigenvalue weighted by Gasteiger charge is 2.28. The molecule has 2 aromatic heterocycles. The third-order valence-corrected chi connectivity index (χ3v) is 8.22. The summed E-state index contributed by atoms with van der Waals surface area (Å²) >= 11 is 0. The minimum absolute atomic E-state index is 0.0125. The number of benzene rings is 4. The summed E-state index contributed by atoms with van der Waals surface area (Å²) in [6, 6.07) is 31.1. The fraction of sp³-hybridized carbons (Fsp3) is 0.0968. The summed E-state index contributed by atoms with van der Waals surface area (Å²) in [5.41, 5.74) is 3.82. The Balaban J connectivity index is 1.22. The number of carbonyl (C=O) groups is 1. The van der Waals surface area contributed by atoms with Crippen LogP contribution in [0.4, 0.5) is 0 Å². The molecule has 2 N–H and O–H groups in total. The van der Waals surface area contributed by atoms with Crippen molar-refractivity contribution in [2.75, 3.05) is 0 Å². The van der Waals surface area contributed by atoms with E-state index in [1.165, 1.54) is 16.9 Å². The van der Waals surface area contributed by atoms with Crippen molar-refractivity contribution in [3.63, 3.8) is 0 Å². The molecule has 0 saturated carbocycles. The van der Waals surface area contributed by atoms with Gasteiger partial charge >= 0.3 is 5.97 Å². The Morgan fingerprint density at radius 1 is 0.881 bits per heavy atom. The van der Waals surface area contributed by atoms with Crippen LogP contribution in [0.25, 0.3) is 28.0 Å². The zero-order valence-corrected chi connectivity index (χ0v) is 23.1. The number of aromatic nitrogens is 5. The van der Waals surface area contributed by atoms with E-state index in [4.69, 9.17) is 4.74 Å². The highest BCUT2D eigenvalue weighted by Crippen LogP contribution is 2.22. The Morgan fingerprint density at radius 3 is 2.33 bits per heavy atom.